The van der Waals surface area contributed by atoms with Crippen molar-refractivity contribution in [1.82, 2.24) is 19.5 Å². The maximum atomic E-state index is 11.8. The number of nitrogens with two attached hydrogens (primary N) is 1. The predicted octanol–water partition coefficient (Wildman–Crippen LogP) is -1.81. The van der Waals surface area contributed by atoms with E-state index in [1.54, 1.807) is 0 Å². The van der Waals surface area contributed by atoms with E-state index in [0.29, 0.717) is 0 Å². The van der Waals surface area contributed by atoms with Gasteiger partial charge in [-0.05, 0) is 0 Å². The summed E-state index contributed by atoms with van der Waals surface area (Å²) in [6.45, 7) is 4.32. The number of anilines is 1. The Balaban J connectivity index is 1.90. The quantitative estimate of drug-likeness (QED) is 0.390. The zero-order valence-electron chi connectivity index (χ0n) is 12.0. The molecule has 2 radical (unpaired) electrons. The molecule has 0 aliphatic carbocycles. The molecule has 6 N–H and O–H groups in total. The van der Waals surface area contributed by atoms with E-state index in [2.05, 4.69) is 19.5 Å². The van der Waals surface area contributed by atoms with Crippen LogP contribution in [0, 0.1) is 6.66 Å². The summed E-state index contributed by atoms with van der Waals surface area (Å²) in [6, 6.07) is 0. The lowest BCUT2D eigenvalue weighted by Crippen LogP contribution is -2.33. The van der Waals surface area contributed by atoms with E-state index in [0.717, 1.165) is 0 Å². The van der Waals surface area contributed by atoms with Crippen LogP contribution >= 0.6 is 7.60 Å². The number of hydrogen-bond acceptors (Lipinski definition) is 9. The highest BCUT2D eigenvalue weighted by Gasteiger charge is 2.45. The largest absolute Gasteiger partial charge is 0.387 e. The summed E-state index contributed by atoms with van der Waals surface area (Å²) in [5.41, 5.74) is 4.92. The van der Waals surface area contributed by atoms with Crippen molar-refractivity contribution in [2.45, 2.75) is 24.5 Å². The first kappa shape index (κ1) is 17.0. The highest BCUT2D eigenvalue weighted by molar-refractivity contribution is 7.54. The van der Waals surface area contributed by atoms with Crippen molar-refractivity contribution >= 4 is 24.7 Å². The molecule has 1 aliphatic heterocycles. The number of H-pyrrole nitrogens is 1. The van der Waals surface area contributed by atoms with Crippen LogP contribution in [0.5, 0.6) is 0 Å². The summed E-state index contributed by atoms with van der Waals surface area (Å²) in [5.74, 6) is -0.161. The zero-order chi connectivity index (χ0) is 17.6. The smallest absolute Gasteiger partial charge is 0.333 e. The number of aromatic amines is 1. The zero-order valence-corrected chi connectivity index (χ0v) is 12.9. The fourth-order valence-corrected chi connectivity index (χ4v) is 2.77. The van der Waals surface area contributed by atoms with E-state index in [-0.39, 0.29) is 17.1 Å². The first-order chi connectivity index (χ1) is 11.2. The minimum absolute atomic E-state index is 0.0315. The van der Waals surface area contributed by atoms with Crippen LogP contribution in [0.4, 0.5) is 5.95 Å². The van der Waals surface area contributed by atoms with Crippen LogP contribution in [-0.4, -0.2) is 59.5 Å². The fourth-order valence-electron chi connectivity index (χ4n) is 2.41. The predicted molar refractivity (Wildman–Crippen MR) is 78.6 cm³/mol. The number of nitrogens with zero attached hydrogens (tertiary/aromatic N) is 3. The van der Waals surface area contributed by atoms with Crippen molar-refractivity contribution in [3.63, 3.8) is 0 Å². The maximum Gasteiger partial charge on any atom is 0.333 e. The number of imidazole rings is 1. The average molecular weight is 359 g/mol. The lowest BCUT2D eigenvalue weighted by Gasteiger charge is -2.16. The molecule has 5 atom stereocenters. The summed E-state index contributed by atoms with van der Waals surface area (Å²) in [7, 11) is -4.26. The number of ether oxygens (including phenoxy) is 1. The topological polar surface area (TPSA) is 186 Å². The van der Waals surface area contributed by atoms with E-state index in [9.17, 15) is 19.6 Å². The second-order valence-corrected chi connectivity index (χ2v) is 6.57. The van der Waals surface area contributed by atoms with Gasteiger partial charge in [0.15, 0.2) is 17.4 Å². The molecule has 0 amide bonds. The minimum atomic E-state index is -4.26. The van der Waals surface area contributed by atoms with Gasteiger partial charge in [0.05, 0.1) is 19.6 Å². The Kier molecular flexibility index (Phi) is 4.20. The number of rotatable bonds is 4. The van der Waals surface area contributed by atoms with Crippen LogP contribution < -0.4 is 11.3 Å². The van der Waals surface area contributed by atoms with E-state index < -0.39 is 44.3 Å². The van der Waals surface area contributed by atoms with Gasteiger partial charge in [-0.1, -0.05) is 0 Å². The van der Waals surface area contributed by atoms with Crippen LogP contribution in [0.25, 0.3) is 11.2 Å². The van der Waals surface area contributed by atoms with Gasteiger partial charge in [0.1, 0.15) is 18.3 Å². The fraction of sp³-hybridized carbons (Fsp3) is 0.455. The second-order valence-electron chi connectivity index (χ2n) is 5.18. The minimum Gasteiger partial charge on any atom is -0.387 e. The van der Waals surface area contributed by atoms with Gasteiger partial charge >= 0.3 is 7.60 Å². The standard InChI is InChI=1S/C11H14N5O7P/c1-24(20,21)22-2-4-6(17)7(18)10(23-4)16-3-13-5-8(16)14-11(12)15-9(5)19/h1,3-4,6-7,10,17-18H,2H2,(H,20,21)(H3,12,14,15,19)/t4-,6-,7-,10-/m1/s1. The number of aliphatic hydroxyl groups is 2. The van der Waals surface area contributed by atoms with Crippen molar-refractivity contribution in [3.8, 4) is 0 Å². The molecule has 3 rings (SSSR count). The second kappa shape index (κ2) is 5.92. The van der Waals surface area contributed by atoms with Gasteiger partial charge in [-0.2, -0.15) is 4.98 Å². The Morgan fingerprint density at radius 2 is 2.21 bits per heavy atom. The molecule has 13 heteroatoms. The summed E-state index contributed by atoms with van der Waals surface area (Å²) < 4.78 is 22.1. The summed E-state index contributed by atoms with van der Waals surface area (Å²) >= 11 is 0. The number of aromatic nitrogens is 4. The molecule has 0 saturated carbocycles. The Morgan fingerprint density at radius 3 is 2.88 bits per heavy atom. The Hall–Kier alpha value is -1.82. The van der Waals surface area contributed by atoms with Gasteiger partial charge < -0.3 is 30.1 Å². The molecular weight excluding hydrogens is 345 g/mol. The van der Waals surface area contributed by atoms with Gasteiger partial charge in [0.2, 0.25) is 5.95 Å². The number of nitrogens with one attached hydrogen (secondary N) is 1. The van der Waals surface area contributed by atoms with E-state index in [1.807, 2.05) is 0 Å². The molecule has 1 fully saturated rings. The molecule has 130 valence electrons. The van der Waals surface area contributed by atoms with E-state index in [4.69, 9.17) is 22.0 Å². The first-order valence-electron chi connectivity index (χ1n) is 6.67. The lowest BCUT2D eigenvalue weighted by molar-refractivity contribution is -0.0482. The van der Waals surface area contributed by atoms with Crippen LogP contribution in [-0.2, 0) is 13.8 Å². The molecule has 1 saturated heterocycles. The van der Waals surface area contributed by atoms with Gasteiger partial charge in [-0.3, -0.25) is 18.9 Å². The summed E-state index contributed by atoms with van der Waals surface area (Å²) in [5, 5.41) is 20.1. The Labute approximate surface area is 134 Å². The molecule has 24 heavy (non-hydrogen) atoms. The number of nitrogen functional groups attached to an aromatic ring is 1. The molecule has 3 heterocycles. The highest BCUT2D eigenvalue weighted by Crippen LogP contribution is 2.41. The van der Waals surface area contributed by atoms with Crippen molar-refractivity contribution in [3.05, 3.63) is 23.3 Å². The SMILES string of the molecule is [CH]P(=O)(O)OC[C@H]1O[C@@H](n2cnc3c(=O)[nH]c(N)nc32)[C@H](O)[C@@H]1O. The number of aliphatic hydroxyl groups excluding tert-OH is 2. The average Bonchev–Trinajstić information content (AvgIpc) is 3.00. The third kappa shape index (κ3) is 3.07. The van der Waals surface area contributed by atoms with E-state index in [1.165, 1.54) is 10.9 Å². The molecule has 0 aromatic carbocycles. The van der Waals surface area contributed by atoms with Crippen LogP contribution in [0.3, 0.4) is 0 Å². The van der Waals surface area contributed by atoms with Crippen LogP contribution in [0.1, 0.15) is 6.23 Å². The van der Waals surface area contributed by atoms with Gasteiger partial charge in [0, 0.05) is 0 Å². The van der Waals surface area contributed by atoms with Crippen LogP contribution in [0.15, 0.2) is 11.1 Å². The van der Waals surface area contributed by atoms with Gasteiger partial charge in [0.25, 0.3) is 5.56 Å². The third-order valence-corrected chi connectivity index (χ3v) is 4.00. The molecule has 2 aromatic heterocycles. The molecule has 1 unspecified atom stereocenters. The molecule has 12 nitrogen and oxygen atoms in total. The maximum absolute atomic E-state index is 11.8. The number of fused-ring (bicyclic) bond motifs is 1. The molecule has 0 spiro atoms. The number of hydrogen-bond donors (Lipinski definition) is 5. The van der Waals surface area contributed by atoms with Crippen molar-refractivity contribution in [1.29, 1.82) is 0 Å². The highest BCUT2D eigenvalue weighted by atomic mass is 31.2. The third-order valence-electron chi connectivity index (χ3n) is 3.49. The monoisotopic (exact) mass is 359 g/mol. The summed E-state index contributed by atoms with van der Waals surface area (Å²) in [6.07, 6.45) is -3.97. The van der Waals surface area contributed by atoms with Crippen LogP contribution in [0.2, 0.25) is 0 Å². The van der Waals surface area contributed by atoms with Gasteiger partial charge in [-0.25, -0.2) is 4.98 Å². The van der Waals surface area contributed by atoms with Crippen molar-refractivity contribution < 1.29 is 28.9 Å². The van der Waals surface area contributed by atoms with E-state index >= 15 is 0 Å². The summed E-state index contributed by atoms with van der Waals surface area (Å²) in [4.78, 5) is 30.7. The molecule has 0 bridgehead atoms. The van der Waals surface area contributed by atoms with Gasteiger partial charge in [-0.15, -0.1) is 0 Å². The molecule has 1 aliphatic rings. The molecule has 2 aromatic rings. The molecular formula is C11H14N5O7P. The van der Waals surface area contributed by atoms with Crippen molar-refractivity contribution in [2.24, 2.45) is 0 Å². The Bertz CT molecular complexity index is 860. The lowest BCUT2D eigenvalue weighted by atomic mass is 10.1. The Morgan fingerprint density at radius 1 is 1.50 bits per heavy atom. The van der Waals surface area contributed by atoms with Crippen molar-refractivity contribution in [2.75, 3.05) is 12.3 Å². The first-order valence-corrected chi connectivity index (χ1v) is 8.32. The normalized spacial score (nSPS) is 29.8.